The van der Waals surface area contributed by atoms with E-state index in [4.69, 9.17) is 0 Å². The maximum Gasteiger partial charge on any atom is 0.160 e. The zero-order chi connectivity index (χ0) is 37.3. The monoisotopic (exact) mass is 696 g/mol. The maximum atomic E-state index is 13.3. The highest BCUT2D eigenvalue weighted by atomic mass is 16.1. The molecule has 4 aromatic rings. The second-order valence-electron chi connectivity index (χ2n) is 18.2. The first-order chi connectivity index (χ1) is 24.6. The van der Waals surface area contributed by atoms with E-state index in [1.165, 1.54) is 55.9 Å². The molecular formula is C46H56N4O2. The first kappa shape index (κ1) is 36.1. The summed E-state index contributed by atoms with van der Waals surface area (Å²) in [5, 5.41) is 15.9. The molecule has 4 aliphatic rings. The van der Waals surface area contributed by atoms with Crippen LogP contribution < -0.4 is 0 Å². The van der Waals surface area contributed by atoms with Crippen LogP contribution >= 0.6 is 0 Å². The van der Waals surface area contributed by atoms with Crippen LogP contribution in [0.4, 0.5) is 0 Å². The van der Waals surface area contributed by atoms with E-state index in [1.54, 1.807) is 0 Å². The van der Waals surface area contributed by atoms with Crippen LogP contribution in [0.1, 0.15) is 161 Å². The summed E-state index contributed by atoms with van der Waals surface area (Å²) < 4.78 is 0. The van der Waals surface area contributed by atoms with Crippen molar-refractivity contribution < 1.29 is 9.59 Å². The van der Waals surface area contributed by atoms with Crippen molar-refractivity contribution in [3.05, 3.63) is 127 Å². The fourth-order valence-electron chi connectivity index (χ4n) is 9.73. The fourth-order valence-corrected chi connectivity index (χ4v) is 9.73. The lowest BCUT2D eigenvalue weighted by Gasteiger charge is -2.38. The number of hydrogen-bond donors (Lipinski definition) is 2. The van der Waals surface area contributed by atoms with Crippen LogP contribution in [0.5, 0.6) is 0 Å². The number of rotatable bonds is 4. The largest absolute Gasteiger partial charge is 0.294 e. The predicted molar refractivity (Wildman–Crippen MR) is 209 cm³/mol. The quantitative estimate of drug-likeness (QED) is 0.222. The Bertz CT molecular complexity index is 1980. The molecule has 0 bridgehead atoms. The summed E-state index contributed by atoms with van der Waals surface area (Å²) in [4.78, 5) is 26.5. The van der Waals surface area contributed by atoms with E-state index < -0.39 is 0 Å². The molecule has 6 nitrogen and oxygen atoms in total. The van der Waals surface area contributed by atoms with Crippen molar-refractivity contribution in [1.82, 2.24) is 20.4 Å². The third-order valence-corrected chi connectivity index (χ3v) is 11.9. The van der Waals surface area contributed by atoms with Gasteiger partial charge in [0, 0.05) is 71.2 Å². The summed E-state index contributed by atoms with van der Waals surface area (Å²) in [6.45, 7) is 21.9. The van der Waals surface area contributed by atoms with Crippen LogP contribution in [0.25, 0.3) is 0 Å². The molecule has 0 radical (unpaired) electrons. The highest BCUT2D eigenvalue weighted by Crippen LogP contribution is 2.52. The van der Waals surface area contributed by atoms with Crippen LogP contribution in [0.2, 0.25) is 0 Å². The Morgan fingerprint density at radius 3 is 1.31 bits per heavy atom. The van der Waals surface area contributed by atoms with Crippen molar-refractivity contribution in [3.8, 4) is 0 Å². The van der Waals surface area contributed by atoms with Crippen LogP contribution in [-0.2, 0) is 22.4 Å². The summed E-state index contributed by atoms with van der Waals surface area (Å²) in [5.74, 6) is 1.36. The number of aromatic amines is 2. The van der Waals surface area contributed by atoms with Gasteiger partial charge in [0.25, 0.3) is 0 Å². The van der Waals surface area contributed by atoms with Gasteiger partial charge in [-0.3, -0.25) is 19.8 Å². The summed E-state index contributed by atoms with van der Waals surface area (Å²) in [5.41, 5.74) is 16.9. The highest BCUT2D eigenvalue weighted by molar-refractivity contribution is 6.01. The maximum absolute atomic E-state index is 13.3. The summed E-state index contributed by atoms with van der Waals surface area (Å²) in [6, 6.07) is 17.0. The van der Waals surface area contributed by atoms with Gasteiger partial charge in [-0.15, -0.1) is 0 Å². The summed E-state index contributed by atoms with van der Waals surface area (Å²) in [6.07, 6.45) is 4.93. The van der Waals surface area contributed by atoms with Gasteiger partial charge in [0.1, 0.15) is 0 Å². The average molecular weight is 697 g/mol. The molecule has 0 fully saturated rings. The Morgan fingerprint density at radius 1 is 0.596 bits per heavy atom. The van der Waals surface area contributed by atoms with Crippen molar-refractivity contribution in [1.29, 1.82) is 0 Å². The van der Waals surface area contributed by atoms with E-state index in [1.807, 2.05) is 0 Å². The number of fused-ring (bicyclic) bond motifs is 2. The number of allylic oxidation sites excluding steroid dienone is 4. The molecule has 2 N–H and O–H groups in total. The second kappa shape index (κ2) is 13.3. The van der Waals surface area contributed by atoms with Crippen molar-refractivity contribution in [2.75, 3.05) is 0 Å². The molecule has 8 rings (SSSR count). The first-order valence-electron chi connectivity index (χ1n) is 19.3. The van der Waals surface area contributed by atoms with Crippen LogP contribution in [0.15, 0.2) is 70.8 Å². The minimum absolute atomic E-state index is 0.0229. The smallest absolute Gasteiger partial charge is 0.160 e. The van der Waals surface area contributed by atoms with Gasteiger partial charge < -0.3 is 0 Å². The molecule has 0 saturated heterocycles. The molecule has 0 aliphatic heterocycles. The molecule has 0 unspecified atom stereocenters. The number of carbonyl (C=O) groups is 2. The second-order valence-corrected chi connectivity index (χ2v) is 18.2. The fraction of sp³-hybridized carbons (Fsp3) is 0.478. The number of H-pyrrole nitrogens is 2. The molecular weight excluding hydrogens is 641 g/mol. The molecule has 2 atom stereocenters. The molecule has 0 spiro atoms. The molecule has 2 aromatic heterocycles. The Labute approximate surface area is 310 Å². The Hall–Kier alpha value is -4.32. The van der Waals surface area contributed by atoms with Gasteiger partial charge in [-0.05, 0) is 71.6 Å². The summed E-state index contributed by atoms with van der Waals surface area (Å²) in [7, 11) is 0. The Balaban J connectivity index is 0.000000162. The molecule has 2 heterocycles. The number of benzene rings is 2. The minimum Gasteiger partial charge on any atom is -0.294 e. The van der Waals surface area contributed by atoms with E-state index in [0.717, 1.165) is 48.2 Å². The van der Waals surface area contributed by atoms with Crippen molar-refractivity contribution in [2.45, 2.75) is 131 Å². The molecule has 0 saturated carbocycles. The third-order valence-electron chi connectivity index (χ3n) is 11.9. The van der Waals surface area contributed by atoms with E-state index >= 15 is 0 Å². The van der Waals surface area contributed by atoms with Crippen LogP contribution in [0, 0.1) is 24.7 Å². The SMILES string of the molecule is Cc1ccccc1[C@@H]1C2=C(Cc3[nH]nc(C(C)C)c31)CC(C)(C)CC2=O.Cc1ccccc1[C@H]1C2=C(Cc3[nH]nc(C(C)C)c31)CC(C)(C)CC2=O. The van der Waals surface area contributed by atoms with Crippen LogP contribution in [-0.4, -0.2) is 32.0 Å². The minimum atomic E-state index is 0.0229. The van der Waals surface area contributed by atoms with Gasteiger partial charge >= 0.3 is 0 Å². The number of carbonyl (C=O) groups excluding carboxylic acids is 2. The number of nitrogens with one attached hydrogen (secondary N) is 2. The molecule has 52 heavy (non-hydrogen) atoms. The zero-order valence-electron chi connectivity index (χ0n) is 32.9. The van der Waals surface area contributed by atoms with Crippen LogP contribution in [0.3, 0.4) is 0 Å². The normalized spacial score (nSPS) is 21.8. The number of aryl methyl sites for hydroxylation is 2. The number of ketones is 2. The molecule has 0 amide bonds. The zero-order valence-corrected chi connectivity index (χ0v) is 32.9. The van der Waals surface area contributed by atoms with E-state index in [2.05, 4.69) is 138 Å². The number of nitrogens with zero attached hydrogens (tertiary/aromatic N) is 2. The molecule has 6 heteroatoms. The summed E-state index contributed by atoms with van der Waals surface area (Å²) >= 11 is 0. The third kappa shape index (κ3) is 6.37. The standard InChI is InChI=1S/2C23H28N2O/c2*1-13(2)22-21-17(24-25-22)10-15-11-23(4,5)12-18(26)19(15)20(21)16-9-7-6-8-14(16)3/h2*6-9,13,20H,10-12H2,1-5H3,(H,24,25)/t2*20-/m10/s1. The van der Waals surface area contributed by atoms with Gasteiger partial charge in [0.15, 0.2) is 11.6 Å². The molecule has 2 aromatic carbocycles. The van der Waals surface area contributed by atoms with E-state index in [-0.39, 0.29) is 22.7 Å². The van der Waals surface area contributed by atoms with E-state index in [0.29, 0.717) is 36.2 Å². The Morgan fingerprint density at radius 2 is 0.962 bits per heavy atom. The topological polar surface area (TPSA) is 91.5 Å². The number of aromatic nitrogens is 4. The highest BCUT2D eigenvalue weighted by Gasteiger charge is 2.44. The van der Waals surface area contributed by atoms with Crippen molar-refractivity contribution in [3.63, 3.8) is 0 Å². The lowest BCUT2D eigenvalue weighted by atomic mass is 9.64. The molecule has 272 valence electrons. The molecule has 4 aliphatic carbocycles. The Kier molecular flexibility index (Phi) is 9.20. The van der Waals surface area contributed by atoms with Gasteiger partial charge in [-0.25, -0.2) is 0 Å². The van der Waals surface area contributed by atoms with Gasteiger partial charge in [0.05, 0.1) is 11.4 Å². The first-order valence-corrected chi connectivity index (χ1v) is 19.3. The van der Waals surface area contributed by atoms with Gasteiger partial charge in [0.2, 0.25) is 0 Å². The average Bonchev–Trinajstić information content (AvgIpc) is 3.67. The van der Waals surface area contributed by atoms with Gasteiger partial charge in [-0.2, -0.15) is 10.2 Å². The number of Topliss-reactive ketones (excluding diaryl/α,β-unsaturated/α-hetero) is 2. The lowest BCUT2D eigenvalue weighted by molar-refractivity contribution is -0.119. The van der Waals surface area contributed by atoms with Crippen molar-refractivity contribution in [2.24, 2.45) is 10.8 Å². The lowest BCUT2D eigenvalue weighted by Crippen LogP contribution is -2.32. The predicted octanol–water partition coefficient (Wildman–Crippen LogP) is 10.4. The van der Waals surface area contributed by atoms with E-state index in [9.17, 15) is 9.59 Å². The van der Waals surface area contributed by atoms with Gasteiger partial charge in [-0.1, -0.05) is 115 Å². The van der Waals surface area contributed by atoms with Crippen molar-refractivity contribution >= 4 is 11.6 Å². The number of hydrogen-bond acceptors (Lipinski definition) is 4.